The van der Waals surface area contributed by atoms with Crippen LogP contribution in [0.2, 0.25) is 0 Å². The molecule has 4 heteroatoms. The number of nitrogens with zero attached hydrogens (tertiary/aromatic N) is 1. The Morgan fingerprint density at radius 2 is 2.05 bits per heavy atom. The Morgan fingerprint density at radius 1 is 1.24 bits per heavy atom. The van der Waals surface area contributed by atoms with Gasteiger partial charge in [-0.05, 0) is 38.9 Å². The predicted molar refractivity (Wildman–Crippen MR) is 89.3 cm³/mol. The van der Waals surface area contributed by atoms with Crippen LogP contribution in [0.25, 0.3) is 0 Å². The van der Waals surface area contributed by atoms with E-state index < -0.39 is 0 Å². The van der Waals surface area contributed by atoms with Gasteiger partial charge in [0, 0.05) is 17.8 Å². The number of ether oxygens (including phenoxy) is 1. The molecule has 0 radical (unpaired) electrons. The molecule has 0 bridgehead atoms. The lowest BCUT2D eigenvalue weighted by molar-refractivity contribution is 0.319. The minimum Gasteiger partial charge on any atom is -0.493 e. The fourth-order valence-electron chi connectivity index (χ4n) is 2.21. The SMILES string of the molecule is CCNCc1sc(CCOc2ccc(C)cc2C)nc1C. The summed E-state index contributed by atoms with van der Waals surface area (Å²) in [7, 11) is 0. The molecule has 1 heterocycles. The predicted octanol–water partition coefficient (Wildman–Crippen LogP) is 3.80. The second kappa shape index (κ2) is 7.57. The van der Waals surface area contributed by atoms with Crippen LogP contribution < -0.4 is 10.1 Å². The molecule has 2 rings (SSSR count). The zero-order valence-electron chi connectivity index (χ0n) is 13.3. The highest BCUT2D eigenvalue weighted by atomic mass is 32.1. The molecule has 0 aliphatic rings. The van der Waals surface area contributed by atoms with Crippen molar-refractivity contribution in [2.45, 2.75) is 40.7 Å². The standard InChI is InChI=1S/C17H24N2OS/c1-5-18-11-16-14(4)19-17(21-16)8-9-20-15-7-6-12(2)10-13(15)3/h6-7,10,18H,5,8-9,11H2,1-4H3. The second-order valence-electron chi connectivity index (χ2n) is 5.26. The number of aromatic nitrogens is 1. The third-order valence-corrected chi connectivity index (χ3v) is 4.59. The van der Waals surface area contributed by atoms with E-state index in [-0.39, 0.29) is 0 Å². The molecule has 0 amide bonds. The van der Waals surface area contributed by atoms with Crippen molar-refractivity contribution in [1.82, 2.24) is 10.3 Å². The summed E-state index contributed by atoms with van der Waals surface area (Å²) in [5.74, 6) is 0.974. The normalized spacial score (nSPS) is 10.9. The molecule has 0 spiro atoms. The Hall–Kier alpha value is -1.39. The molecule has 2 aromatic rings. The van der Waals surface area contributed by atoms with Crippen molar-refractivity contribution in [3.8, 4) is 5.75 Å². The van der Waals surface area contributed by atoms with E-state index in [0.717, 1.165) is 36.0 Å². The lowest BCUT2D eigenvalue weighted by atomic mass is 10.1. The molecule has 0 fully saturated rings. The van der Waals surface area contributed by atoms with Crippen LogP contribution in [0.15, 0.2) is 18.2 Å². The Morgan fingerprint density at radius 3 is 2.76 bits per heavy atom. The summed E-state index contributed by atoms with van der Waals surface area (Å²) in [6.45, 7) is 11.0. The van der Waals surface area contributed by atoms with Crippen molar-refractivity contribution in [3.05, 3.63) is 44.9 Å². The van der Waals surface area contributed by atoms with Gasteiger partial charge in [0.05, 0.1) is 17.3 Å². The van der Waals surface area contributed by atoms with E-state index >= 15 is 0 Å². The van der Waals surface area contributed by atoms with Gasteiger partial charge in [-0.25, -0.2) is 4.98 Å². The quantitative estimate of drug-likeness (QED) is 0.845. The van der Waals surface area contributed by atoms with E-state index in [0.29, 0.717) is 6.61 Å². The van der Waals surface area contributed by atoms with Crippen molar-refractivity contribution in [3.63, 3.8) is 0 Å². The molecule has 21 heavy (non-hydrogen) atoms. The largest absolute Gasteiger partial charge is 0.493 e. The summed E-state index contributed by atoms with van der Waals surface area (Å²) in [5, 5.41) is 4.51. The molecule has 114 valence electrons. The lowest BCUT2D eigenvalue weighted by Crippen LogP contribution is -2.11. The minimum atomic E-state index is 0.678. The van der Waals surface area contributed by atoms with E-state index in [2.05, 4.69) is 50.1 Å². The van der Waals surface area contributed by atoms with E-state index in [4.69, 9.17) is 4.74 Å². The van der Waals surface area contributed by atoms with Gasteiger partial charge < -0.3 is 10.1 Å². The number of hydrogen-bond donors (Lipinski definition) is 1. The zero-order chi connectivity index (χ0) is 15.2. The maximum Gasteiger partial charge on any atom is 0.122 e. The summed E-state index contributed by atoms with van der Waals surface area (Å²) in [4.78, 5) is 5.96. The van der Waals surface area contributed by atoms with E-state index in [1.807, 2.05) is 6.07 Å². The number of thiazole rings is 1. The van der Waals surface area contributed by atoms with Gasteiger partial charge in [-0.3, -0.25) is 0 Å². The molecule has 0 saturated carbocycles. The number of aryl methyl sites for hydroxylation is 3. The number of rotatable bonds is 7. The summed E-state index contributed by atoms with van der Waals surface area (Å²) < 4.78 is 5.88. The van der Waals surface area contributed by atoms with E-state index in [9.17, 15) is 0 Å². The fourth-order valence-corrected chi connectivity index (χ4v) is 3.23. The third-order valence-electron chi connectivity index (χ3n) is 3.38. The number of benzene rings is 1. The van der Waals surface area contributed by atoms with Gasteiger partial charge in [-0.2, -0.15) is 0 Å². The fraction of sp³-hybridized carbons (Fsp3) is 0.471. The van der Waals surface area contributed by atoms with Gasteiger partial charge in [-0.15, -0.1) is 11.3 Å². The van der Waals surface area contributed by atoms with Gasteiger partial charge >= 0.3 is 0 Å². The molecule has 0 unspecified atom stereocenters. The third kappa shape index (κ3) is 4.55. The molecule has 0 aliphatic heterocycles. The summed E-state index contributed by atoms with van der Waals surface area (Å²) >= 11 is 1.79. The molecule has 0 atom stereocenters. The van der Waals surface area contributed by atoms with Crippen LogP contribution in [0, 0.1) is 20.8 Å². The zero-order valence-corrected chi connectivity index (χ0v) is 14.1. The Bertz CT molecular complexity index is 592. The summed E-state index contributed by atoms with van der Waals surface area (Å²) in [6, 6.07) is 6.29. The van der Waals surface area contributed by atoms with Gasteiger partial charge in [0.15, 0.2) is 0 Å². The Balaban J connectivity index is 1.88. The van der Waals surface area contributed by atoms with E-state index in [1.165, 1.54) is 16.0 Å². The van der Waals surface area contributed by atoms with Crippen LogP contribution in [0.1, 0.15) is 33.6 Å². The first kappa shape index (κ1) is 16.0. The average Bonchev–Trinajstić information content (AvgIpc) is 2.79. The van der Waals surface area contributed by atoms with Gasteiger partial charge in [-0.1, -0.05) is 24.6 Å². The van der Waals surface area contributed by atoms with Crippen LogP contribution in [0.4, 0.5) is 0 Å². The van der Waals surface area contributed by atoms with Crippen molar-refractivity contribution < 1.29 is 4.74 Å². The maximum absolute atomic E-state index is 5.88. The minimum absolute atomic E-state index is 0.678. The molecule has 0 aliphatic carbocycles. The smallest absolute Gasteiger partial charge is 0.122 e. The summed E-state index contributed by atoms with van der Waals surface area (Å²) in [5.41, 5.74) is 3.60. The summed E-state index contributed by atoms with van der Waals surface area (Å²) in [6.07, 6.45) is 0.866. The Labute approximate surface area is 131 Å². The number of nitrogens with one attached hydrogen (secondary N) is 1. The molecule has 1 aromatic heterocycles. The van der Waals surface area contributed by atoms with Crippen LogP contribution in [-0.4, -0.2) is 18.1 Å². The first-order valence-electron chi connectivity index (χ1n) is 7.46. The van der Waals surface area contributed by atoms with Crippen LogP contribution >= 0.6 is 11.3 Å². The van der Waals surface area contributed by atoms with Gasteiger partial charge in [0.2, 0.25) is 0 Å². The van der Waals surface area contributed by atoms with Gasteiger partial charge in [0.25, 0.3) is 0 Å². The van der Waals surface area contributed by atoms with Crippen LogP contribution in [-0.2, 0) is 13.0 Å². The van der Waals surface area contributed by atoms with Crippen molar-refractivity contribution in [1.29, 1.82) is 0 Å². The lowest BCUT2D eigenvalue weighted by Gasteiger charge is -2.08. The Kier molecular flexibility index (Phi) is 5.76. The highest BCUT2D eigenvalue weighted by Gasteiger charge is 2.07. The van der Waals surface area contributed by atoms with Crippen molar-refractivity contribution in [2.75, 3.05) is 13.2 Å². The number of hydrogen-bond acceptors (Lipinski definition) is 4. The monoisotopic (exact) mass is 304 g/mol. The van der Waals surface area contributed by atoms with Crippen molar-refractivity contribution >= 4 is 11.3 Å². The first-order chi connectivity index (χ1) is 10.1. The highest BCUT2D eigenvalue weighted by Crippen LogP contribution is 2.21. The molecular formula is C17H24N2OS. The average molecular weight is 304 g/mol. The van der Waals surface area contributed by atoms with Gasteiger partial charge in [0.1, 0.15) is 5.75 Å². The molecule has 1 aromatic carbocycles. The van der Waals surface area contributed by atoms with Crippen LogP contribution in [0.5, 0.6) is 5.75 Å². The van der Waals surface area contributed by atoms with E-state index in [1.54, 1.807) is 11.3 Å². The molecule has 0 saturated heterocycles. The maximum atomic E-state index is 5.88. The van der Waals surface area contributed by atoms with Crippen molar-refractivity contribution in [2.24, 2.45) is 0 Å². The topological polar surface area (TPSA) is 34.1 Å². The second-order valence-corrected chi connectivity index (χ2v) is 6.43. The van der Waals surface area contributed by atoms with Crippen LogP contribution in [0.3, 0.4) is 0 Å². The molecular weight excluding hydrogens is 280 g/mol. The highest BCUT2D eigenvalue weighted by molar-refractivity contribution is 7.11. The first-order valence-corrected chi connectivity index (χ1v) is 8.27. The molecule has 1 N–H and O–H groups in total. The molecule has 3 nitrogen and oxygen atoms in total.